The third-order valence-electron chi connectivity index (χ3n) is 3.04. The highest BCUT2D eigenvalue weighted by Crippen LogP contribution is 2.19. The topological polar surface area (TPSA) is 97.3 Å². The molecule has 0 aromatic carbocycles. The lowest BCUT2D eigenvalue weighted by atomic mass is 10.2. The molecule has 2 heterocycles. The first-order valence-corrected chi connectivity index (χ1v) is 5.65. The monoisotopic (exact) mass is 235 g/mol. The van der Waals surface area contributed by atoms with Gasteiger partial charge in [-0.15, -0.1) is 0 Å². The molecular formula is C11H17N5O. The Morgan fingerprint density at radius 2 is 2.47 bits per heavy atom. The van der Waals surface area contributed by atoms with E-state index in [0.29, 0.717) is 6.54 Å². The number of anilines is 1. The number of pyridine rings is 1. The van der Waals surface area contributed by atoms with Gasteiger partial charge in [0.15, 0.2) is 0 Å². The molecule has 1 aromatic rings. The Morgan fingerprint density at radius 3 is 3.18 bits per heavy atom. The quantitative estimate of drug-likeness (QED) is 0.496. The molecule has 0 saturated carbocycles. The molecule has 1 unspecified atom stereocenters. The molecule has 6 nitrogen and oxygen atoms in total. The first-order valence-electron chi connectivity index (χ1n) is 5.65. The Hall–Kier alpha value is -1.66. The molecule has 1 fully saturated rings. The van der Waals surface area contributed by atoms with Gasteiger partial charge in [-0.2, -0.15) is 0 Å². The molecule has 2 rings (SSSR count). The van der Waals surface area contributed by atoms with Gasteiger partial charge in [0.25, 0.3) is 0 Å². The number of carbonyl (C=O) groups is 1. The van der Waals surface area contributed by atoms with E-state index in [4.69, 9.17) is 11.6 Å². The van der Waals surface area contributed by atoms with E-state index in [1.165, 1.54) is 0 Å². The van der Waals surface area contributed by atoms with Gasteiger partial charge in [-0.05, 0) is 31.5 Å². The van der Waals surface area contributed by atoms with Crippen LogP contribution < -0.4 is 17.0 Å². The van der Waals surface area contributed by atoms with Crippen LogP contribution in [0.25, 0.3) is 0 Å². The molecule has 6 heteroatoms. The molecule has 0 bridgehead atoms. The predicted molar refractivity (Wildman–Crippen MR) is 64.7 cm³/mol. The van der Waals surface area contributed by atoms with E-state index in [0.717, 1.165) is 30.8 Å². The summed E-state index contributed by atoms with van der Waals surface area (Å²) in [7, 11) is 0. The van der Waals surface area contributed by atoms with Crippen LogP contribution in [-0.2, 0) is 11.3 Å². The molecule has 1 aliphatic rings. The Bertz CT molecular complexity index is 409. The van der Waals surface area contributed by atoms with Gasteiger partial charge in [0.05, 0.1) is 17.4 Å². The zero-order valence-electron chi connectivity index (χ0n) is 9.60. The van der Waals surface area contributed by atoms with Gasteiger partial charge < -0.3 is 11.2 Å². The first kappa shape index (κ1) is 11.8. The Labute approximate surface area is 100.0 Å². The lowest BCUT2D eigenvalue weighted by Crippen LogP contribution is -2.39. The first-order chi connectivity index (χ1) is 8.20. The molecule has 1 atom stereocenters. The number of hydrogen-bond acceptors (Lipinski definition) is 5. The fraction of sp³-hybridized carbons (Fsp3) is 0.455. The van der Waals surface area contributed by atoms with E-state index in [9.17, 15) is 4.79 Å². The largest absolute Gasteiger partial charge is 0.368 e. The minimum absolute atomic E-state index is 0.161. The number of rotatable bonds is 4. The van der Waals surface area contributed by atoms with Crippen LogP contribution >= 0.6 is 0 Å². The van der Waals surface area contributed by atoms with E-state index < -0.39 is 0 Å². The Morgan fingerprint density at radius 1 is 1.65 bits per heavy atom. The van der Waals surface area contributed by atoms with Crippen molar-refractivity contribution in [3.8, 4) is 0 Å². The fourth-order valence-corrected chi connectivity index (χ4v) is 2.20. The third-order valence-corrected chi connectivity index (χ3v) is 3.04. The number of aromatic nitrogens is 1. The summed E-state index contributed by atoms with van der Waals surface area (Å²) < 4.78 is 0. The highest BCUT2D eigenvalue weighted by atomic mass is 16.1. The number of primary amides is 1. The zero-order valence-corrected chi connectivity index (χ0v) is 9.60. The van der Waals surface area contributed by atoms with Gasteiger partial charge in [-0.1, -0.05) is 0 Å². The van der Waals surface area contributed by atoms with Gasteiger partial charge in [-0.3, -0.25) is 20.5 Å². The number of nitrogens with zero attached hydrogens (tertiary/aromatic N) is 2. The minimum atomic E-state index is -0.254. The van der Waals surface area contributed by atoms with Crippen molar-refractivity contribution in [1.82, 2.24) is 9.88 Å². The van der Waals surface area contributed by atoms with E-state index >= 15 is 0 Å². The zero-order chi connectivity index (χ0) is 12.3. The summed E-state index contributed by atoms with van der Waals surface area (Å²) in [5.74, 6) is 5.08. The Kier molecular flexibility index (Phi) is 3.55. The van der Waals surface area contributed by atoms with Crippen LogP contribution in [0.4, 0.5) is 5.69 Å². The van der Waals surface area contributed by atoms with Gasteiger partial charge in [0, 0.05) is 12.7 Å². The number of likely N-dealkylation sites (tertiary alicyclic amines) is 1. The molecule has 92 valence electrons. The molecule has 5 N–H and O–H groups in total. The van der Waals surface area contributed by atoms with Crippen LogP contribution in [0.3, 0.4) is 0 Å². The van der Waals surface area contributed by atoms with Gasteiger partial charge >= 0.3 is 0 Å². The normalized spacial score (nSPS) is 20.4. The number of hydrazine groups is 1. The number of hydrogen-bond donors (Lipinski definition) is 3. The second-order valence-electron chi connectivity index (χ2n) is 4.21. The molecule has 1 saturated heterocycles. The van der Waals surface area contributed by atoms with Crippen LogP contribution in [0.1, 0.15) is 18.5 Å². The maximum absolute atomic E-state index is 11.3. The van der Waals surface area contributed by atoms with Crippen LogP contribution in [0.5, 0.6) is 0 Å². The van der Waals surface area contributed by atoms with Crippen LogP contribution in [0.15, 0.2) is 18.3 Å². The molecule has 0 radical (unpaired) electrons. The molecule has 1 aliphatic heterocycles. The van der Waals surface area contributed by atoms with E-state index in [1.807, 2.05) is 6.07 Å². The van der Waals surface area contributed by atoms with Gasteiger partial charge in [0.1, 0.15) is 0 Å². The fourth-order valence-electron chi connectivity index (χ4n) is 2.20. The van der Waals surface area contributed by atoms with E-state index in [1.54, 1.807) is 12.3 Å². The summed E-state index contributed by atoms with van der Waals surface area (Å²) in [5.41, 5.74) is 9.63. The number of nitrogen functional groups attached to an aromatic ring is 1. The number of nitrogens with one attached hydrogen (secondary N) is 1. The molecule has 0 aliphatic carbocycles. The van der Waals surface area contributed by atoms with Crippen molar-refractivity contribution < 1.29 is 4.79 Å². The lowest BCUT2D eigenvalue weighted by Gasteiger charge is -2.21. The van der Waals surface area contributed by atoms with Crippen molar-refractivity contribution in [2.45, 2.75) is 25.4 Å². The Balaban J connectivity index is 2.06. The summed E-state index contributed by atoms with van der Waals surface area (Å²) in [6.07, 6.45) is 3.53. The second-order valence-corrected chi connectivity index (χ2v) is 4.21. The smallest absolute Gasteiger partial charge is 0.234 e. The van der Waals surface area contributed by atoms with Gasteiger partial charge in [-0.25, -0.2) is 0 Å². The molecular weight excluding hydrogens is 218 g/mol. The van der Waals surface area contributed by atoms with Crippen LogP contribution in [-0.4, -0.2) is 28.4 Å². The molecule has 0 spiro atoms. The van der Waals surface area contributed by atoms with E-state index in [-0.39, 0.29) is 11.9 Å². The van der Waals surface area contributed by atoms with Gasteiger partial charge in [0.2, 0.25) is 5.91 Å². The summed E-state index contributed by atoms with van der Waals surface area (Å²) in [6.45, 7) is 1.51. The SMILES string of the molecule is NNc1ccnc(CN2CCCC2C(N)=O)c1. The third kappa shape index (κ3) is 2.72. The number of carbonyl (C=O) groups excluding carboxylic acids is 1. The summed E-state index contributed by atoms with van der Waals surface area (Å²) >= 11 is 0. The van der Waals surface area contributed by atoms with Crippen molar-refractivity contribution in [1.29, 1.82) is 0 Å². The van der Waals surface area contributed by atoms with Crippen LogP contribution in [0.2, 0.25) is 0 Å². The highest BCUT2D eigenvalue weighted by molar-refractivity contribution is 5.80. The summed E-state index contributed by atoms with van der Waals surface area (Å²) in [4.78, 5) is 17.6. The van der Waals surface area contributed by atoms with Crippen molar-refractivity contribution in [2.75, 3.05) is 12.0 Å². The van der Waals surface area contributed by atoms with Crippen LogP contribution in [0, 0.1) is 0 Å². The maximum Gasteiger partial charge on any atom is 0.234 e. The predicted octanol–water partition coefficient (Wildman–Crippen LogP) is -0.183. The van der Waals surface area contributed by atoms with Crippen molar-refractivity contribution >= 4 is 11.6 Å². The standard InChI is InChI=1S/C11H17N5O/c12-11(17)10-2-1-5-16(10)7-9-6-8(15-13)3-4-14-9/h3-4,6,10H,1-2,5,7,13H2,(H2,12,17)(H,14,15). The number of nitrogens with two attached hydrogens (primary N) is 2. The maximum atomic E-state index is 11.3. The minimum Gasteiger partial charge on any atom is -0.368 e. The number of amides is 1. The molecule has 1 amide bonds. The summed E-state index contributed by atoms with van der Waals surface area (Å²) in [5, 5.41) is 0. The van der Waals surface area contributed by atoms with E-state index in [2.05, 4.69) is 15.3 Å². The molecule has 1 aromatic heterocycles. The van der Waals surface area contributed by atoms with Crippen molar-refractivity contribution in [3.63, 3.8) is 0 Å². The van der Waals surface area contributed by atoms with Crippen molar-refractivity contribution in [2.24, 2.45) is 11.6 Å². The molecule has 17 heavy (non-hydrogen) atoms. The average Bonchev–Trinajstić information content (AvgIpc) is 2.77. The van der Waals surface area contributed by atoms with Crippen molar-refractivity contribution in [3.05, 3.63) is 24.0 Å². The second kappa shape index (κ2) is 5.11. The summed E-state index contributed by atoms with van der Waals surface area (Å²) in [6, 6.07) is 3.50. The lowest BCUT2D eigenvalue weighted by molar-refractivity contribution is -0.122. The highest BCUT2D eigenvalue weighted by Gasteiger charge is 2.28. The average molecular weight is 235 g/mol.